The Bertz CT molecular complexity index is 682. The summed E-state index contributed by atoms with van der Waals surface area (Å²) in [6.07, 6.45) is 4.39. The van der Waals surface area contributed by atoms with Crippen molar-refractivity contribution in [2.24, 2.45) is 0 Å². The van der Waals surface area contributed by atoms with Crippen molar-refractivity contribution in [2.45, 2.75) is 12.8 Å². The fraction of sp³-hybridized carbons (Fsp3) is 0.222. The normalized spacial score (nSPS) is 15.1. The van der Waals surface area contributed by atoms with Crippen LogP contribution in [0.5, 0.6) is 11.5 Å². The van der Waals surface area contributed by atoms with Gasteiger partial charge in [-0.25, -0.2) is 0 Å². The number of rotatable bonds is 3. The number of hydrogen-bond acceptors (Lipinski definition) is 2. The average molecular weight is 345 g/mol. The molecule has 0 radical (unpaired) electrons. The Hall–Kier alpha value is -1.74. The summed E-state index contributed by atoms with van der Waals surface area (Å²) in [5, 5.41) is 0. The Balaban J connectivity index is 2.05. The monoisotopic (exact) mass is 344 g/mol. The Kier molecular flexibility index (Phi) is 4.02. The zero-order valence-electron chi connectivity index (χ0n) is 12.2. The van der Waals surface area contributed by atoms with Gasteiger partial charge in [0.05, 0.1) is 14.2 Å². The molecule has 0 saturated carbocycles. The molecule has 0 atom stereocenters. The van der Waals surface area contributed by atoms with E-state index in [-0.39, 0.29) is 0 Å². The smallest absolute Gasteiger partial charge is 0.123 e. The maximum atomic E-state index is 5.34. The number of allylic oxidation sites excluding steroid dienone is 1. The summed E-state index contributed by atoms with van der Waals surface area (Å²) in [6, 6.07) is 12.4. The summed E-state index contributed by atoms with van der Waals surface area (Å²) in [5.41, 5.74) is 5.20. The highest BCUT2D eigenvalue weighted by Gasteiger charge is 2.18. The second kappa shape index (κ2) is 5.94. The van der Waals surface area contributed by atoms with Gasteiger partial charge in [-0.1, -0.05) is 34.1 Å². The van der Waals surface area contributed by atoms with Crippen molar-refractivity contribution in [2.75, 3.05) is 14.2 Å². The van der Waals surface area contributed by atoms with Gasteiger partial charge in [-0.15, -0.1) is 0 Å². The molecule has 0 fully saturated rings. The van der Waals surface area contributed by atoms with Gasteiger partial charge >= 0.3 is 0 Å². The molecule has 0 spiro atoms. The lowest BCUT2D eigenvalue weighted by Gasteiger charge is -2.08. The summed E-state index contributed by atoms with van der Waals surface area (Å²) in [7, 11) is 3.35. The van der Waals surface area contributed by atoms with Gasteiger partial charge in [0.15, 0.2) is 0 Å². The van der Waals surface area contributed by atoms with Crippen LogP contribution in [0.1, 0.15) is 23.1 Å². The summed E-state index contributed by atoms with van der Waals surface area (Å²) >= 11 is 3.67. The summed E-state index contributed by atoms with van der Waals surface area (Å²) in [6.45, 7) is 0. The van der Waals surface area contributed by atoms with E-state index in [0.29, 0.717) is 0 Å². The van der Waals surface area contributed by atoms with Crippen molar-refractivity contribution in [1.82, 2.24) is 0 Å². The van der Waals surface area contributed by atoms with E-state index in [9.17, 15) is 0 Å². The molecule has 1 aliphatic rings. The highest BCUT2D eigenvalue weighted by atomic mass is 79.9. The van der Waals surface area contributed by atoms with Gasteiger partial charge in [-0.2, -0.15) is 0 Å². The van der Waals surface area contributed by atoms with E-state index < -0.39 is 0 Å². The zero-order chi connectivity index (χ0) is 14.8. The lowest BCUT2D eigenvalue weighted by molar-refractivity contribution is 0.394. The number of halogens is 1. The van der Waals surface area contributed by atoms with Crippen molar-refractivity contribution in [3.05, 3.63) is 57.6 Å². The molecule has 0 aliphatic heterocycles. The highest BCUT2D eigenvalue weighted by molar-refractivity contribution is 9.10. The molecular weight excluding hydrogens is 328 g/mol. The molecule has 2 nitrogen and oxygen atoms in total. The minimum atomic E-state index is 0.812. The summed E-state index contributed by atoms with van der Waals surface area (Å²) in [5.74, 6) is 1.62. The van der Waals surface area contributed by atoms with Crippen molar-refractivity contribution in [1.29, 1.82) is 0 Å². The first kappa shape index (κ1) is 14.2. The van der Waals surface area contributed by atoms with Gasteiger partial charge in [0.2, 0.25) is 0 Å². The zero-order valence-corrected chi connectivity index (χ0v) is 13.7. The average Bonchev–Trinajstić information content (AvgIpc) is 2.91. The number of aryl methyl sites for hydroxylation is 1. The topological polar surface area (TPSA) is 18.5 Å². The van der Waals surface area contributed by atoms with Gasteiger partial charge in [-0.05, 0) is 53.3 Å². The first-order chi connectivity index (χ1) is 10.2. The Morgan fingerprint density at radius 1 is 1.00 bits per heavy atom. The number of fused-ring (bicyclic) bond motifs is 1. The molecular formula is C18H17BrO2. The van der Waals surface area contributed by atoms with Gasteiger partial charge in [-0.3, -0.25) is 0 Å². The van der Waals surface area contributed by atoms with E-state index in [2.05, 4.69) is 40.2 Å². The van der Waals surface area contributed by atoms with Crippen molar-refractivity contribution in [3.63, 3.8) is 0 Å². The molecule has 0 N–H and O–H groups in total. The van der Waals surface area contributed by atoms with Crippen LogP contribution in [0.15, 0.2) is 40.9 Å². The molecule has 108 valence electrons. The second-order valence-electron chi connectivity index (χ2n) is 5.09. The Morgan fingerprint density at radius 3 is 2.38 bits per heavy atom. The predicted octanol–water partition coefficient (Wildman–Crippen LogP) is 4.95. The summed E-state index contributed by atoms with van der Waals surface area (Å²) < 4.78 is 11.8. The Labute approximate surface area is 133 Å². The molecule has 0 aromatic heterocycles. The third-order valence-corrected chi connectivity index (χ3v) is 4.46. The molecule has 0 bridgehead atoms. The fourth-order valence-corrected chi connectivity index (χ4v) is 3.45. The van der Waals surface area contributed by atoms with Crippen LogP contribution in [-0.4, -0.2) is 14.2 Å². The molecule has 21 heavy (non-hydrogen) atoms. The van der Waals surface area contributed by atoms with E-state index >= 15 is 0 Å². The lowest BCUT2D eigenvalue weighted by Crippen LogP contribution is -1.89. The van der Waals surface area contributed by atoms with Crippen molar-refractivity contribution < 1.29 is 9.47 Å². The maximum Gasteiger partial charge on any atom is 0.123 e. The second-order valence-corrected chi connectivity index (χ2v) is 5.94. The molecule has 3 rings (SSSR count). The van der Waals surface area contributed by atoms with Crippen LogP contribution >= 0.6 is 15.9 Å². The standard InChI is InChI=1S/C18H17BrO2/c1-20-15-9-12(10-16(11-15)21-2)8-14-7-6-13-4-3-5-17(19)18(13)14/h3-5,8-11H,6-7H2,1-2H3/b14-8-. The largest absolute Gasteiger partial charge is 0.497 e. The van der Waals surface area contributed by atoms with E-state index in [1.807, 2.05) is 18.2 Å². The molecule has 2 aromatic carbocycles. The third-order valence-electron chi connectivity index (χ3n) is 3.80. The van der Waals surface area contributed by atoms with Crippen LogP contribution in [0.3, 0.4) is 0 Å². The van der Waals surface area contributed by atoms with E-state index in [0.717, 1.165) is 29.9 Å². The highest BCUT2D eigenvalue weighted by Crippen LogP contribution is 2.39. The number of benzene rings is 2. The van der Waals surface area contributed by atoms with E-state index in [1.54, 1.807) is 14.2 Å². The van der Waals surface area contributed by atoms with Crippen LogP contribution in [0.25, 0.3) is 11.6 Å². The maximum absolute atomic E-state index is 5.34. The molecule has 3 heteroatoms. The predicted molar refractivity (Wildman–Crippen MR) is 89.9 cm³/mol. The van der Waals surface area contributed by atoms with Crippen LogP contribution in [0.2, 0.25) is 0 Å². The molecule has 2 aromatic rings. The van der Waals surface area contributed by atoms with E-state index in [4.69, 9.17) is 9.47 Å². The first-order valence-electron chi connectivity index (χ1n) is 6.92. The van der Waals surface area contributed by atoms with Crippen LogP contribution in [0, 0.1) is 0 Å². The van der Waals surface area contributed by atoms with Gasteiger partial charge in [0, 0.05) is 10.5 Å². The number of hydrogen-bond donors (Lipinski definition) is 0. The number of methoxy groups -OCH3 is 2. The first-order valence-corrected chi connectivity index (χ1v) is 7.72. The fourth-order valence-electron chi connectivity index (χ4n) is 2.79. The minimum absolute atomic E-state index is 0.812. The molecule has 0 heterocycles. The third kappa shape index (κ3) is 2.84. The van der Waals surface area contributed by atoms with Crippen LogP contribution in [-0.2, 0) is 6.42 Å². The van der Waals surface area contributed by atoms with Gasteiger partial charge in [0.25, 0.3) is 0 Å². The summed E-state index contributed by atoms with van der Waals surface area (Å²) in [4.78, 5) is 0. The lowest BCUT2D eigenvalue weighted by atomic mass is 10.0. The van der Waals surface area contributed by atoms with Gasteiger partial charge < -0.3 is 9.47 Å². The molecule has 0 amide bonds. The van der Waals surface area contributed by atoms with Crippen LogP contribution < -0.4 is 9.47 Å². The molecule has 1 aliphatic carbocycles. The number of ether oxygens (including phenoxy) is 2. The minimum Gasteiger partial charge on any atom is -0.497 e. The van der Waals surface area contributed by atoms with Gasteiger partial charge in [0.1, 0.15) is 11.5 Å². The SMILES string of the molecule is COc1cc(/C=C2/CCc3cccc(Br)c32)cc(OC)c1. The Morgan fingerprint density at radius 2 is 1.71 bits per heavy atom. The van der Waals surface area contributed by atoms with E-state index in [1.165, 1.54) is 21.2 Å². The molecule has 0 saturated heterocycles. The molecule has 0 unspecified atom stereocenters. The quantitative estimate of drug-likeness (QED) is 0.783. The van der Waals surface area contributed by atoms with Crippen molar-refractivity contribution >= 4 is 27.6 Å². The van der Waals surface area contributed by atoms with Crippen molar-refractivity contribution in [3.8, 4) is 11.5 Å². The van der Waals surface area contributed by atoms with Crippen LogP contribution in [0.4, 0.5) is 0 Å².